The van der Waals surface area contributed by atoms with Crippen LogP contribution in [0.1, 0.15) is 39.5 Å². The molecule has 14 heavy (non-hydrogen) atoms. The van der Waals surface area contributed by atoms with E-state index in [1.54, 1.807) is 0 Å². The maximum Gasteiger partial charge on any atom is 0.126 e. The lowest BCUT2D eigenvalue weighted by molar-refractivity contribution is -0.110. The van der Waals surface area contributed by atoms with Gasteiger partial charge < -0.3 is 4.79 Å². The molecule has 1 heteroatoms. The molecule has 0 aromatic carbocycles. The van der Waals surface area contributed by atoms with Crippen LogP contribution in [-0.4, -0.2) is 6.29 Å². The van der Waals surface area contributed by atoms with Gasteiger partial charge >= 0.3 is 0 Å². The number of hydrogen-bond donors (Lipinski definition) is 0. The molecule has 0 aliphatic heterocycles. The average molecular weight is 192 g/mol. The lowest BCUT2D eigenvalue weighted by Crippen LogP contribution is -2.36. The van der Waals surface area contributed by atoms with Gasteiger partial charge in [0, 0.05) is 5.92 Å². The Morgan fingerprint density at radius 3 is 2.86 bits per heavy atom. The zero-order chi connectivity index (χ0) is 10.2. The number of carbonyl (C=O) groups is 1. The van der Waals surface area contributed by atoms with Crippen LogP contribution in [0.3, 0.4) is 0 Å². The Morgan fingerprint density at radius 1 is 1.36 bits per heavy atom. The van der Waals surface area contributed by atoms with Crippen LogP contribution in [0.15, 0.2) is 12.2 Å². The fourth-order valence-corrected chi connectivity index (χ4v) is 3.28. The van der Waals surface area contributed by atoms with E-state index in [9.17, 15) is 4.79 Å². The van der Waals surface area contributed by atoms with E-state index >= 15 is 0 Å². The summed E-state index contributed by atoms with van der Waals surface area (Å²) in [7, 11) is 0. The molecule has 0 bridgehead atoms. The van der Waals surface area contributed by atoms with Gasteiger partial charge in [-0.1, -0.05) is 32.4 Å². The molecule has 0 heterocycles. The highest BCUT2D eigenvalue weighted by molar-refractivity contribution is 5.57. The van der Waals surface area contributed by atoms with Crippen LogP contribution in [0, 0.1) is 23.2 Å². The van der Waals surface area contributed by atoms with Crippen molar-refractivity contribution in [1.29, 1.82) is 0 Å². The Bertz CT molecular complexity index is 252. The first-order valence-electron chi connectivity index (χ1n) is 5.77. The molecule has 0 saturated heterocycles. The summed E-state index contributed by atoms with van der Waals surface area (Å²) in [6, 6.07) is 0. The molecule has 2 aliphatic carbocycles. The second kappa shape index (κ2) is 3.52. The van der Waals surface area contributed by atoms with Crippen molar-refractivity contribution < 1.29 is 4.79 Å². The quantitative estimate of drug-likeness (QED) is 0.460. The smallest absolute Gasteiger partial charge is 0.126 e. The molecule has 3 unspecified atom stereocenters. The van der Waals surface area contributed by atoms with E-state index in [0.29, 0.717) is 11.3 Å². The molecular weight excluding hydrogens is 172 g/mol. The van der Waals surface area contributed by atoms with Gasteiger partial charge in [-0.25, -0.2) is 0 Å². The second-order valence-corrected chi connectivity index (χ2v) is 5.59. The normalized spacial score (nSPS) is 40.3. The van der Waals surface area contributed by atoms with Gasteiger partial charge in [-0.3, -0.25) is 0 Å². The molecule has 78 valence electrons. The third-order valence-electron chi connectivity index (χ3n) is 4.12. The molecule has 0 aromatic heterocycles. The van der Waals surface area contributed by atoms with E-state index in [4.69, 9.17) is 0 Å². The summed E-state index contributed by atoms with van der Waals surface area (Å²) in [4.78, 5) is 10.7. The van der Waals surface area contributed by atoms with Gasteiger partial charge in [-0.05, 0) is 36.5 Å². The molecule has 0 N–H and O–H groups in total. The first-order valence-corrected chi connectivity index (χ1v) is 5.77. The Hall–Kier alpha value is -0.590. The molecule has 2 aliphatic rings. The minimum absolute atomic E-state index is 0.199. The van der Waals surface area contributed by atoms with Crippen LogP contribution >= 0.6 is 0 Å². The number of fused-ring (bicyclic) bond motifs is 1. The topological polar surface area (TPSA) is 17.1 Å². The van der Waals surface area contributed by atoms with Crippen LogP contribution in [-0.2, 0) is 4.79 Å². The third kappa shape index (κ3) is 1.65. The molecule has 2 rings (SSSR count). The Labute approximate surface area is 86.6 Å². The van der Waals surface area contributed by atoms with Crippen molar-refractivity contribution in [3.63, 3.8) is 0 Å². The van der Waals surface area contributed by atoms with Gasteiger partial charge in [0.1, 0.15) is 6.29 Å². The summed E-state index contributed by atoms with van der Waals surface area (Å²) in [5.41, 5.74) is 0.452. The minimum atomic E-state index is 0.199. The maximum atomic E-state index is 10.7. The molecule has 1 saturated carbocycles. The monoisotopic (exact) mass is 192 g/mol. The Kier molecular flexibility index (Phi) is 2.50. The van der Waals surface area contributed by atoms with E-state index in [-0.39, 0.29) is 5.92 Å². The summed E-state index contributed by atoms with van der Waals surface area (Å²) in [6.45, 7) is 4.74. The lowest BCUT2D eigenvalue weighted by Gasteiger charge is -2.45. The third-order valence-corrected chi connectivity index (χ3v) is 4.12. The van der Waals surface area contributed by atoms with Crippen LogP contribution in [0.4, 0.5) is 0 Å². The summed E-state index contributed by atoms with van der Waals surface area (Å²) < 4.78 is 0. The Balaban J connectivity index is 2.18. The number of hydrogen-bond acceptors (Lipinski definition) is 1. The highest BCUT2D eigenvalue weighted by atomic mass is 16.1. The first-order chi connectivity index (χ1) is 6.63. The molecule has 0 radical (unpaired) electrons. The molecule has 0 spiro atoms. The van der Waals surface area contributed by atoms with Crippen molar-refractivity contribution in [2.75, 3.05) is 0 Å². The summed E-state index contributed by atoms with van der Waals surface area (Å²) >= 11 is 0. The second-order valence-electron chi connectivity index (χ2n) is 5.59. The van der Waals surface area contributed by atoms with Gasteiger partial charge in [-0.2, -0.15) is 0 Å². The van der Waals surface area contributed by atoms with Crippen LogP contribution in [0.5, 0.6) is 0 Å². The largest absolute Gasteiger partial charge is 0.303 e. The van der Waals surface area contributed by atoms with E-state index < -0.39 is 0 Å². The van der Waals surface area contributed by atoms with Crippen LogP contribution in [0.25, 0.3) is 0 Å². The van der Waals surface area contributed by atoms with Crippen LogP contribution < -0.4 is 0 Å². The predicted octanol–water partition coefficient (Wildman–Crippen LogP) is 3.20. The summed E-state index contributed by atoms with van der Waals surface area (Å²) in [5, 5.41) is 0. The predicted molar refractivity (Wildman–Crippen MR) is 57.9 cm³/mol. The number of aldehydes is 1. The van der Waals surface area contributed by atoms with E-state index in [2.05, 4.69) is 26.0 Å². The number of allylic oxidation sites excluding steroid dienone is 2. The van der Waals surface area contributed by atoms with Gasteiger partial charge in [0.2, 0.25) is 0 Å². The molecule has 3 atom stereocenters. The van der Waals surface area contributed by atoms with E-state index in [1.807, 2.05) is 0 Å². The van der Waals surface area contributed by atoms with E-state index in [0.717, 1.165) is 18.6 Å². The summed E-state index contributed by atoms with van der Waals surface area (Å²) in [5.74, 6) is 1.68. The van der Waals surface area contributed by atoms with Gasteiger partial charge in [0.05, 0.1) is 0 Å². The van der Waals surface area contributed by atoms with E-state index in [1.165, 1.54) is 19.3 Å². The summed E-state index contributed by atoms with van der Waals surface area (Å²) in [6.07, 6.45) is 10.6. The Morgan fingerprint density at radius 2 is 2.14 bits per heavy atom. The SMILES string of the molecule is CC1(C)CCCC2CC(C=O)C=CC21. The van der Waals surface area contributed by atoms with Crippen molar-refractivity contribution in [2.24, 2.45) is 23.2 Å². The van der Waals surface area contributed by atoms with Gasteiger partial charge in [0.15, 0.2) is 0 Å². The minimum Gasteiger partial charge on any atom is -0.303 e. The van der Waals surface area contributed by atoms with Crippen molar-refractivity contribution in [3.05, 3.63) is 12.2 Å². The lowest BCUT2D eigenvalue weighted by atomic mass is 9.60. The average Bonchev–Trinajstić information content (AvgIpc) is 2.16. The molecule has 0 amide bonds. The highest BCUT2D eigenvalue weighted by Crippen LogP contribution is 2.48. The maximum absolute atomic E-state index is 10.7. The van der Waals surface area contributed by atoms with Crippen molar-refractivity contribution in [1.82, 2.24) is 0 Å². The standard InChI is InChI=1S/C13H20O/c1-13(2)7-3-4-11-8-10(9-14)5-6-12(11)13/h5-6,9-12H,3-4,7-8H2,1-2H3. The highest BCUT2D eigenvalue weighted by Gasteiger charge is 2.39. The number of carbonyl (C=O) groups excluding carboxylic acids is 1. The fraction of sp³-hybridized carbons (Fsp3) is 0.769. The zero-order valence-electron chi connectivity index (χ0n) is 9.20. The van der Waals surface area contributed by atoms with Crippen molar-refractivity contribution >= 4 is 6.29 Å². The van der Waals surface area contributed by atoms with Gasteiger partial charge in [-0.15, -0.1) is 0 Å². The molecular formula is C13H20O. The van der Waals surface area contributed by atoms with Crippen molar-refractivity contribution in [2.45, 2.75) is 39.5 Å². The molecule has 1 nitrogen and oxygen atoms in total. The number of rotatable bonds is 1. The fourth-order valence-electron chi connectivity index (χ4n) is 3.28. The van der Waals surface area contributed by atoms with Crippen LogP contribution in [0.2, 0.25) is 0 Å². The van der Waals surface area contributed by atoms with Crippen molar-refractivity contribution in [3.8, 4) is 0 Å². The first kappa shape index (κ1) is 9.95. The molecule has 0 aromatic rings. The zero-order valence-corrected chi connectivity index (χ0v) is 9.20. The van der Waals surface area contributed by atoms with Gasteiger partial charge in [0.25, 0.3) is 0 Å². The molecule has 1 fully saturated rings.